The van der Waals surface area contributed by atoms with E-state index in [2.05, 4.69) is 41.6 Å². The molecule has 5 N–H and O–H groups in total. The number of fused-ring (bicyclic) bond motifs is 1. The van der Waals surface area contributed by atoms with Gasteiger partial charge < -0.3 is 25.7 Å². The van der Waals surface area contributed by atoms with Crippen LogP contribution in [0.1, 0.15) is 49.0 Å². The van der Waals surface area contributed by atoms with Crippen molar-refractivity contribution in [2.75, 3.05) is 36.8 Å². The van der Waals surface area contributed by atoms with Gasteiger partial charge in [-0.3, -0.25) is 14.9 Å². The summed E-state index contributed by atoms with van der Waals surface area (Å²) in [6.45, 7) is 4.77. The molecule has 0 spiro atoms. The third-order valence-electron chi connectivity index (χ3n) is 9.51. The van der Waals surface area contributed by atoms with Crippen molar-refractivity contribution >= 4 is 61.1 Å². The summed E-state index contributed by atoms with van der Waals surface area (Å²) in [4.78, 5) is 26.6. The number of nitro groups is 1. The second kappa shape index (κ2) is 16.9. The van der Waals surface area contributed by atoms with Gasteiger partial charge in [0.15, 0.2) is 0 Å². The fraction of sp³-hybridized carbons (Fsp3) is 0.275. The van der Waals surface area contributed by atoms with Crippen LogP contribution in [0.2, 0.25) is 5.02 Å². The molecule has 1 aromatic heterocycles. The number of allylic oxidation sites excluding steroid dienone is 1. The summed E-state index contributed by atoms with van der Waals surface area (Å²) in [5.41, 5.74) is 3.80. The maximum atomic E-state index is 13.6. The second-order valence-corrected chi connectivity index (χ2v) is 16.5. The number of rotatable bonds is 15. The number of aromatic amines is 1. The second-order valence-electron chi connectivity index (χ2n) is 14.4. The lowest BCUT2D eigenvalue weighted by molar-refractivity contribution is -0.384. The predicted molar refractivity (Wildman–Crippen MR) is 214 cm³/mol. The fourth-order valence-electron chi connectivity index (χ4n) is 6.56. The van der Waals surface area contributed by atoms with E-state index in [1.54, 1.807) is 36.5 Å². The molecule has 0 saturated carbocycles. The molecular weight excluding hydrogens is 785 g/mol. The predicted octanol–water partition coefficient (Wildman–Crippen LogP) is 9.28. The van der Waals surface area contributed by atoms with Gasteiger partial charge in [0, 0.05) is 59.6 Å². The van der Waals surface area contributed by atoms with Crippen molar-refractivity contribution < 1.29 is 36.0 Å². The summed E-state index contributed by atoms with van der Waals surface area (Å²) >= 11 is 6.15. The number of hydrogen-bond donors (Lipinski definition) is 5. The highest BCUT2D eigenvalue weighted by atomic mass is 35.5. The van der Waals surface area contributed by atoms with Crippen molar-refractivity contribution in [2.45, 2.75) is 44.2 Å². The van der Waals surface area contributed by atoms with E-state index >= 15 is 0 Å². The minimum absolute atomic E-state index is 0.0100. The number of ether oxygens (including phenoxy) is 1. The molecule has 0 fully saturated rings. The molecule has 17 heteroatoms. The average molecular weight is 825 g/mol. The molecule has 6 rings (SSSR count). The van der Waals surface area contributed by atoms with Crippen LogP contribution >= 0.6 is 11.6 Å². The van der Waals surface area contributed by atoms with Crippen molar-refractivity contribution in [3.8, 4) is 11.5 Å². The lowest BCUT2D eigenvalue weighted by Gasteiger charge is -2.34. The van der Waals surface area contributed by atoms with Gasteiger partial charge in [-0.05, 0) is 96.5 Å². The number of halogens is 4. The molecule has 57 heavy (non-hydrogen) atoms. The minimum Gasteiger partial charge on any atom is -0.456 e. The summed E-state index contributed by atoms with van der Waals surface area (Å²) in [5, 5.41) is 21.9. The molecule has 1 amide bonds. The number of nitro benzene ring substituents is 1. The first-order valence-electron chi connectivity index (χ1n) is 17.9. The molecule has 12 nitrogen and oxygen atoms in total. The Morgan fingerprint density at radius 2 is 1.75 bits per heavy atom. The molecule has 4 aromatic carbocycles. The quantitative estimate of drug-likeness (QED) is 0.0393. The Morgan fingerprint density at radius 1 is 0.982 bits per heavy atom. The Bertz CT molecular complexity index is 2430. The maximum absolute atomic E-state index is 13.6. The van der Waals surface area contributed by atoms with Crippen molar-refractivity contribution in [3.05, 3.63) is 123 Å². The molecule has 1 aliphatic carbocycles. The van der Waals surface area contributed by atoms with E-state index in [9.17, 15) is 36.5 Å². The molecule has 0 saturated heterocycles. The molecule has 0 aliphatic heterocycles. The topological polar surface area (TPSA) is 167 Å². The van der Waals surface area contributed by atoms with Crippen molar-refractivity contribution in [1.29, 1.82) is 0 Å². The molecule has 0 unspecified atom stereocenters. The number of anilines is 2. The van der Waals surface area contributed by atoms with E-state index in [1.807, 2.05) is 28.2 Å². The number of carbonyl (C=O) groups excluding carboxylic acids is 1. The number of aromatic nitrogens is 1. The zero-order chi connectivity index (χ0) is 41.0. The van der Waals surface area contributed by atoms with E-state index in [1.165, 1.54) is 22.8 Å². The third kappa shape index (κ3) is 10.6. The summed E-state index contributed by atoms with van der Waals surface area (Å²) in [5.74, 6) is -0.741. The SMILES string of the molecule is CC1(C)CCC(CNCCNc2ccc(C(=O)NS(=O)(=O)c3ccc(NCC(F)(F)F)c([N+](=O)[O-])c3)c(Oc3ccc4[nH]ccc4c3)c2)=C(c2ccc(Cl)cc2)C1. The van der Waals surface area contributed by atoms with Crippen LogP contribution in [0.15, 0.2) is 102 Å². The highest BCUT2D eigenvalue weighted by Gasteiger charge is 2.30. The Balaban J connectivity index is 1.18. The van der Waals surface area contributed by atoms with Gasteiger partial charge in [-0.25, -0.2) is 13.1 Å². The molecule has 1 aliphatic rings. The number of amides is 1. The number of carbonyl (C=O) groups is 1. The number of alkyl halides is 3. The first-order chi connectivity index (χ1) is 27.0. The maximum Gasteiger partial charge on any atom is 0.405 e. The van der Waals surface area contributed by atoms with Crippen molar-refractivity contribution in [1.82, 2.24) is 15.0 Å². The zero-order valence-electron chi connectivity index (χ0n) is 30.9. The average Bonchev–Trinajstić information content (AvgIpc) is 3.62. The van der Waals surface area contributed by atoms with E-state index in [-0.39, 0.29) is 16.7 Å². The molecule has 0 bridgehead atoms. The Labute approximate surface area is 332 Å². The molecule has 1 heterocycles. The van der Waals surface area contributed by atoms with Crippen LogP contribution in [-0.2, 0) is 10.0 Å². The first kappa shape index (κ1) is 41.1. The lowest BCUT2D eigenvalue weighted by Crippen LogP contribution is -2.31. The van der Waals surface area contributed by atoms with Gasteiger partial charge in [0.25, 0.3) is 21.6 Å². The smallest absolute Gasteiger partial charge is 0.405 e. The molecule has 5 aromatic rings. The van der Waals surface area contributed by atoms with Crippen molar-refractivity contribution in [3.63, 3.8) is 0 Å². The monoisotopic (exact) mass is 824 g/mol. The summed E-state index contributed by atoms with van der Waals surface area (Å²) in [7, 11) is -4.75. The lowest BCUT2D eigenvalue weighted by atomic mass is 9.72. The van der Waals surface area contributed by atoms with E-state index < -0.39 is 49.8 Å². The highest BCUT2D eigenvalue weighted by Crippen LogP contribution is 2.43. The van der Waals surface area contributed by atoms with Crippen LogP contribution in [0.4, 0.5) is 30.2 Å². The molecule has 300 valence electrons. The zero-order valence-corrected chi connectivity index (χ0v) is 32.5. The van der Waals surface area contributed by atoms with Gasteiger partial charge in [-0.15, -0.1) is 0 Å². The number of benzene rings is 4. The van der Waals surface area contributed by atoms with Crippen LogP contribution < -0.4 is 25.4 Å². The van der Waals surface area contributed by atoms with E-state index in [4.69, 9.17) is 16.3 Å². The van der Waals surface area contributed by atoms with Gasteiger partial charge in [0.2, 0.25) is 0 Å². The molecule has 0 radical (unpaired) electrons. The minimum atomic E-state index is -4.75. The van der Waals surface area contributed by atoms with Crippen LogP contribution in [0, 0.1) is 15.5 Å². The van der Waals surface area contributed by atoms with Gasteiger partial charge in [-0.1, -0.05) is 43.2 Å². The third-order valence-corrected chi connectivity index (χ3v) is 11.1. The summed E-state index contributed by atoms with van der Waals surface area (Å²) in [6, 6.07) is 21.7. The largest absolute Gasteiger partial charge is 0.456 e. The number of hydrogen-bond acceptors (Lipinski definition) is 9. The first-order valence-corrected chi connectivity index (χ1v) is 19.8. The summed E-state index contributed by atoms with van der Waals surface area (Å²) < 4.78 is 72.9. The van der Waals surface area contributed by atoms with Crippen LogP contribution in [0.3, 0.4) is 0 Å². The fourth-order valence-corrected chi connectivity index (χ4v) is 7.67. The number of nitrogens with one attached hydrogen (secondary N) is 5. The van der Waals surface area contributed by atoms with Crippen LogP contribution in [-0.4, -0.2) is 56.6 Å². The Hall–Kier alpha value is -5.58. The Morgan fingerprint density at radius 3 is 2.49 bits per heavy atom. The highest BCUT2D eigenvalue weighted by molar-refractivity contribution is 7.90. The molecule has 0 atom stereocenters. The van der Waals surface area contributed by atoms with Crippen LogP contribution in [0.5, 0.6) is 11.5 Å². The van der Waals surface area contributed by atoms with E-state index in [0.717, 1.165) is 42.3 Å². The standard InChI is InChI=1S/C40H40ClF3N6O6S/c1-39(2)15-13-27(33(22-39)25-3-5-28(41)6-4-25)23-45-17-18-46-29-7-10-32(37(20-29)56-30-8-11-34-26(19-30)14-16-47-34)38(51)49-57(54,55)31-9-12-35(36(21-31)50(52)53)48-24-40(42,43)44/h3-12,14,16,19-21,45-48H,13,15,17-18,22-24H2,1-2H3,(H,49,51). The van der Waals surface area contributed by atoms with Gasteiger partial charge in [0.1, 0.15) is 23.7 Å². The van der Waals surface area contributed by atoms with E-state index in [0.29, 0.717) is 42.2 Å². The van der Waals surface area contributed by atoms with Crippen LogP contribution in [0.25, 0.3) is 16.5 Å². The Kier molecular flexibility index (Phi) is 12.2. The molecular formula is C40H40ClF3N6O6S. The number of sulfonamides is 1. The normalized spacial score (nSPS) is 14.4. The van der Waals surface area contributed by atoms with Gasteiger partial charge >= 0.3 is 6.18 Å². The number of H-pyrrole nitrogens is 1. The summed E-state index contributed by atoms with van der Waals surface area (Å²) in [6.07, 6.45) is 0.0797. The number of nitrogens with zero attached hydrogens (tertiary/aromatic N) is 1. The van der Waals surface area contributed by atoms with Gasteiger partial charge in [0.05, 0.1) is 15.4 Å². The van der Waals surface area contributed by atoms with Gasteiger partial charge in [-0.2, -0.15) is 13.2 Å². The van der Waals surface area contributed by atoms with Crippen molar-refractivity contribution in [2.24, 2.45) is 5.41 Å².